The maximum atomic E-state index is 13.2. The molecular weight excluding hydrogens is 530 g/mol. The summed E-state index contributed by atoms with van der Waals surface area (Å²) in [6.07, 6.45) is 0.964. The van der Waals surface area contributed by atoms with Crippen molar-refractivity contribution in [3.8, 4) is 0 Å². The van der Waals surface area contributed by atoms with Crippen molar-refractivity contribution in [1.29, 1.82) is 0 Å². The van der Waals surface area contributed by atoms with Crippen molar-refractivity contribution < 1.29 is 34.2 Å². The van der Waals surface area contributed by atoms with Gasteiger partial charge in [0.25, 0.3) is 0 Å². The fourth-order valence-corrected chi connectivity index (χ4v) is 3.40. The highest BCUT2D eigenvalue weighted by Gasteiger charge is 2.30. The number of carboxylic acids is 2. The summed E-state index contributed by atoms with van der Waals surface area (Å²) in [4.78, 5) is 68.9. The minimum atomic E-state index is -1.44. The highest BCUT2D eigenvalue weighted by Crippen LogP contribution is 2.07. The van der Waals surface area contributed by atoms with Gasteiger partial charge in [0, 0.05) is 13.1 Å². The van der Waals surface area contributed by atoms with Crippen LogP contribution in [0.3, 0.4) is 0 Å². The molecule has 0 fully saturated rings. The van der Waals surface area contributed by atoms with Gasteiger partial charge in [-0.15, -0.1) is 0 Å². The Balaban J connectivity index is 5.76. The van der Waals surface area contributed by atoms with Gasteiger partial charge in [0.1, 0.15) is 18.1 Å². The number of carbonyl (C=O) groups excluding carboxylic acids is 3. The van der Waals surface area contributed by atoms with Gasteiger partial charge >= 0.3 is 11.9 Å². The molecule has 0 saturated carbocycles. The molecular formula is C22H43N11O7. The first-order valence-corrected chi connectivity index (χ1v) is 12.7. The van der Waals surface area contributed by atoms with E-state index in [1.165, 1.54) is 0 Å². The van der Waals surface area contributed by atoms with Gasteiger partial charge in [-0.05, 0) is 51.5 Å². The molecule has 228 valence electrons. The zero-order valence-corrected chi connectivity index (χ0v) is 22.4. The van der Waals surface area contributed by atoms with Crippen molar-refractivity contribution in [2.24, 2.45) is 44.4 Å². The van der Waals surface area contributed by atoms with E-state index in [4.69, 9.17) is 39.5 Å². The fraction of sp³-hybridized carbons (Fsp3) is 0.682. The van der Waals surface area contributed by atoms with E-state index in [2.05, 4.69) is 25.9 Å². The Hall–Kier alpha value is -4.19. The quantitative estimate of drug-likeness (QED) is 0.0351. The van der Waals surface area contributed by atoms with Crippen molar-refractivity contribution in [2.75, 3.05) is 19.6 Å². The predicted octanol–water partition coefficient (Wildman–Crippen LogP) is -4.44. The first kappa shape index (κ1) is 35.8. The molecule has 0 rings (SSSR count). The second-order valence-corrected chi connectivity index (χ2v) is 8.91. The number of aliphatic imine (C=N–C) groups is 2. The average Bonchev–Trinajstić information content (AvgIpc) is 2.85. The standard InChI is InChI=1S/C22H43N11O7/c23-8-2-1-5-15(20(39)40)33-19(38)14(7-4-10-30-22(27)28)32-18(37)13(6-3-9-29-21(25)26)31-17(36)12(24)11-16(34)35/h12-15H,1-11,23-24H2,(H,31,36)(H,32,37)(H,33,38)(H,34,35)(H,39,40)(H4,25,26,29)(H4,27,28,30)/t12-,13-,14-,15-/m0/s1. The van der Waals surface area contributed by atoms with Crippen molar-refractivity contribution in [3.05, 3.63) is 0 Å². The summed E-state index contributed by atoms with van der Waals surface area (Å²) in [5, 5.41) is 25.7. The Morgan fingerprint density at radius 3 is 1.48 bits per heavy atom. The van der Waals surface area contributed by atoms with Crippen LogP contribution in [0.25, 0.3) is 0 Å². The fourth-order valence-electron chi connectivity index (χ4n) is 3.40. The summed E-state index contributed by atoms with van der Waals surface area (Å²) < 4.78 is 0. The Morgan fingerprint density at radius 2 is 1.07 bits per heavy atom. The van der Waals surface area contributed by atoms with E-state index < -0.39 is 60.2 Å². The summed E-state index contributed by atoms with van der Waals surface area (Å²) in [6, 6.07) is -5.12. The molecule has 0 unspecified atom stereocenters. The van der Waals surface area contributed by atoms with Crippen LogP contribution in [0.2, 0.25) is 0 Å². The van der Waals surface area contributed by atoms with Gasteiger partial charge in [0.15, 0.2) is 11.9 Å². The monoisotopic (exact) mass is 573 g/mol. The van der Waals surface area contributed by atoms with Crippen molar-refractivity contribution in [3.63, 3.8) is 0 Å². The van der Waals surface area contributed by atoms with Crippen LogP contribution in [0.5, 0.6) is 0 Å². The zero-order chi connectivity index (χ0) is 30.7. The molecule has 0 aromatic heterocycles. The molecule has 0 heterocycles. The highest BCUT2D eigenvalue weighted by molar-refractivity contribution is 5.94. The van der Waals surface area contributed by atoms with Crippen LogP contribution in [-0.2, 0) is 24.0 Å². The van der Waals surface area contributed by atoms with Gasteiger partial charge in [-0.2, -0.15) is 0 Å². The first-order valence-electron chi connectivity index (χ1n) is 12.7. The van der Waals surface area contributed by atoms with Gasteiger partial charge in [-0.1, -0.05) is 0 Å². The van der Waals surface area contributed by atoms with Crippen LogP contribution < -0.4 is 50.4 Å². The van der Waals surface area contributed by atoms with E-state index >= 15 is 0 Å². The minimum Gasteiger partial charge on any atom is -0.481 e. The number of nitrogens with one attached hydrogen (secondary N) is 3. The molecule has 0 aromatic rings. The van der Waals surface area contributed by atoms with Crippen LogP contribution in [0.15, 0.2) is 9.98 Å². The van der Waals surface area contributed by atoms with Crippen molar-refractivity contribution in [1.82, 2.24) is 16.0 Å². The number of aliphatic carboxylic acids is 2. The maximum absolute atomic E-state index is 13.2. The Bertz CT molecular complexity index is 906. The highest BCUT2D eigenvalue weighted by atomic mass is 16.4. The third-order valence-corrected chi connectivity index (χ3v) is 5.45. The average molecular weight is 574 g/mol. The number of rotatable bonds is 21. The third kappa shape index (κ3) is 16.6. The number of nitrogens with zero attached hydrogens (tertiary/aromatic N) is 2. The Labute approximate surface area is 231 Å². The Morgan fingerprint density at radius 1 is 0.650 bits per heavy atom. The first-order chi connectivity index (χ1) is 18.8. The van der Waals surface area contributed by atoms with Crippen LogP contribution in [0.4, 0.5) is 0 Å². The molecule has 17 N–H and O–H groups in total. The van der Waals surface area contributed by atoms with Gasteiger partial charge in [0.05, 0.1) is 12.5 Å². The molecule has 0 saturated heterocycles. The number of unbranched alkanes of at least 4 members (excludes halogenated alkanes) is 1. The molecule has 18 heteroatoms. The topological polar surface area (TPSA) is 343 Å². The smallest absolute Gasteiger partial charge is 0.326 e. The van der Waals surface area contributed by atoms with Crippen LogP contribution in [0.1, 0.15) is 51.4 Å². The lowest BCUT2D eigenvalue weighted by atomic mass is 10.0. The summed E-state index contributed by atoms with van der Waals surface area (Å²) >= 11 is 0. The molecule has 4 atom stereocenters. The van der Waals surface area contributed by atoms with E-state index in [0.29, 0.717) is 19.4 Å². The Kier molecular flexibility index (Phi) is 17.7. The van der Waals surface area contributed by atoms with E-state index in [0.717, 1.165) is 0 Å². The molecule has 0 aliphatic carbocycles. The van der Waals surface area contributed by atoms with E-state index in [1.807, 2.05) is 0 Å². The lowest BCUT2D eigenvalue weighted by Gasteiger charge is -2.25. The summed E-state index contributed by atoms with van der Waals surface area (Å²) in [7, 11) is 0. The largest absolute Gasteiger partial charge is 0.481 e. The lowest BCUT2D eigenvalue weighted by Crippen LogP contribution is -2.57. The molecule has 40 heavy (non-hydrogen) atoms. The number of guanidine groups is 2. The van der Waals surface area contributed by atoms with Gasteiger partial charge in [-0.25, -0.2) is 4.79 Å². The number of amides is 3. The van der Waals surface area contributed by atoms with Crippen molar-refractivity contribution >= 4 is 41.6 Å². The second-order valence-electron chi connectivity index (χ2n) is 8.91. The predicted molar refractivity (Wildman–Crippen MR) is 146 cm³/mol. The summed E-state index contributed by atoms with van der Waals surface area (Å²) in [5.41, 5.74) is 32.3. The lowest BCUT2D eigenvalue weighted by molar-refractivity contribution is -0.142. The molecule has 0 bridgehead atoms. The molecule has 18 nitrogen and oxygen atoms in total. The van der Waals surface area contributed by atoms with E-state index in [9.17, 15) is 29.1 Å². The van der Waals surface area contributed by atoms with E-state index in [1.54, 1.807) is 0 Å². The summed E-state index contributed by atoms with van der Waals surface area (Å²) in [5.74, 6) is -5.38. The third-order valence-electron chi connectivity index (χ3n) is 5.45. The maximum Gasteiger partial charge on any atom is 0.326 e. The molecule has 0 radical (unpaired) electrons. The molecule has 0 aliphatic heterocycles. The zero-order valence-electron chi connectivity index (χ0n) is 22.4. The van der Waals surface area contributed by atoms with Gasteiger partial charge < -0.3 is 60.6 Å². The SMILES string of the molecule is NCCCC[C@H](NC(=O)[C@H](CCCN=C(N)N)NC(=O)[C@H](CCCN=C(N)N)NC(=O)[C@@H](N)CC(=O)O)C(=O)O. The number of carboxylic acid groups (broad SMARTS) is 2. The minimum absolute atomic E-state index is 0.00727. The van der Waals surface area contributed by atoms with Crippen LogP contribution in [0, 0.1) is 0 Å². The van der Waals surface area contributed by atoms with E-state index in [-0.39, 0.29) is 57.1 Å². The van der Waals surface area contributed by atoms with Gasteiger partial charge in [-0.3, -0.25) is 29.2 Å². The second kappa shape index (κ2) is 19.8. The van der Waals surface area contributed by atoms with Crippen LogP contribution in [-0.4, -0.2) is 95.6 Å². The van der Waals surface area contributed by atoms with Gasteiger partial charge in [0.2, 0.25) is 17.7 Å². The molecule has 0 aliphatic rings. The molecule has 0 aromatic carbocycles. The van der Waals surface area contributed by atoms with Crippen molar-refractivity contribution in [2.45, 2.75) is 75.5 Å². The number of carbonyl (C=O) groups is 5. The number of hydrogen-bond acceptors (Lipinski definition) is 9. The van der Waals surface area contributed by atoms with Crippen LogP contribution >= 0.6 is 0 Å². The molecule has 0 spiro atoms. The summed E-state index contributed by atoms with van der Waals surface area (Å²) in [6.45, 7) is 0.606. The number of hydrogen-bond donors (Lipinski definition) is 11. The number of nitrogens with two attached hydrogens (primary N) is 6. The normalized spacial score (nSPS) is 13.6. The molecule has 3 amide bonds.